The minimum absolute atomic E-state index is 0.0595. The van der Waals surface area contributed by atoms with E-state index in [0.29, 0.717) is 12.1 Å². The number of carbonyl (C=O) groups is 1. The number of hydrogen-bond acceptors (Lipinski definition) is 3. The highest BCUT2D eigenvalue weighted by molar-refractivity contribution is 5.95. The SMILES string of the molecule is Cc1nn(C)cc1C(=O)N1CCCN(Cc2ccc(F)cc2)CC1. The van der Waals surface area contributed by atoms with Gasteiger partial charge in [-0.1, -0.05) is 12.1 Å². The Morgan fingerprint density at radius 1 is 1.17 bits per heavy atom. The first-order valence-electron chi connectivity index (χ1n) is 8.29. The summed E-state index contributed by atoms with van der Waals surface area (Å²) in [7, 11) is 1.83. The van der Waals surface area contributed by atoms with E-state index in [1.165, 1.54) is 12.1 Å². The molecule has 0 bridgehead atoms. The Labute approximate surface area is 141 Å². The summed E-state index contributed by atoms with van der Waals surface area (Å²) in [5.41, 5.74) is 2.55. The molecule has 1 fully saturated rings. The van der Waals surface area contributed by atoms with Crippen molar-refractivity contribution in [3.63, 3.8) is 0 Å². The second kappa shape index (κ2) is 7.13. The number of carbonyl (C=O) groups excluding carboxylic acids is 1. The smallest absolute Gasteiger partial charge is 0.257 e. The van der Waals surface area contributed by atoms with Crippen molar-refractivity contribution in [2.45, 2.75) is 19.9 Å². The fourth-order valence-corrected chi connectivity index (χ4v) is 3.16. The van der Waals surface area contributed by atoms with E-state index in [-0.39, 0.29) is 11.7 Å². The van der Waals surface area contributed by atoms with Crippen LogP contribution in [-0.4, -0.2) is 51.7 Å². The van der Waals surface area contributed by atoms with Crippen LogP contribution < -0.4 is 0 Å². The Morgan fingerprint density at radius 2 is 1.92 bits per heavy atom. The molecule has 0 atom stereocenters. The Bertz CT molecular complexity index is 710. The average molecular weight is 330 g/mol. The summed E-state index contributed by atoms with van der Waals surface area (Å²) in [5.74, 6) is -0.150. The third kappa shape index (κ3) is 3.82. The van der Waals surface area contributed by atoms with E-state index >= 15 is 0 Å². The number of benzene rings is 1. The van der Waals surface area contributed by atoms with Crippen molar-refractivity contribution < 1.29 is 9.18 Å². The van der Waals surface area contributed by atoms with Gasteiger partial charge in [0.25, 0.3) is 5.91 Å². The zero-order valence-corrected chi connectivity index (χ0v) is 14.2. The summed E-state index contributed by atoms with van der Waals surface area (Å²) < 4.78 is 14.7. The normalized spacial score (nSPS) is 16.2. The molecule has 1 aromatic heterocycles. The monoisotopic (exact) mass is 330 g/mol. The number of aromatic nitrogens is 2. The zero-order chi connectivity index (χ0) is 17.1. The molecular formula is C18H23FN4O. The van der Waals surface area contributed by atoms with Crippen LogP contribution in [0.5, 0.6) is 0 Å². The third-order valence-electron chi connectivity index (χ3n) is 4.44. The third-order valence-corrected chi connectivity index (χ3v) is 4.44. The highest BCUT2D eigenvalue weighted by Crippen LogP contribution is 2.14. The van der Waals surface area contributed by atoms with Gasteiger partial charge in [0.2, 0.25) is 0 Å². The molecular weight excluding hydrogens is 307 g/mol. The van der Waals surface area contributed by atoms with Gasteiger partial charge in [-0.2, -0.15) is 5.10 Å². The average Bonchev–Trinajstić information content (AvgIpc) is 2.75. The molecule has 2 heterocycles. The Morgan fingerprint density at radius 3 is 2.58 bits per heavy atom. The molecule has 1 aliphatic rings. The largest absolute Gasteiger partial charge is 0.337 e. The van der Waals surface area contributed by atoms with Gasteiger partial charge in [-0.05, 0) is 31.0 Å². The van der Waals surface area contributed by atoms with E-state index < -0.39 is 0 Å². The van der Waals surface area contributed by atoms with E-state index in [2.05, 4.69) is 10.00 Å². The number of halogens is 1. The molecule has 1 aliphatic heterocycles. The molecule has 0 spiro atoms. The summed E-state index contributed by atoms with van der Waals surface area (Å²) >= 11 is 0. The Hall–Kier alpha value is -2.21. The fourth-order valence-electron chi connectivity index (χ4n) is 3.16. The summed E-state index contributed by atoms with van der Waals surface area (Å²) in [6.45, 7) is 5.87. The first kappa shape index (κ1) is 16.6. The molecule has 24 heavy (non-hydrogen) atoms. The summed E-state index contributed by atoms with van der Waals surface area (Å²) in [6.07, 6.45) is 2.73. The lowest BCUT2D eigenvalue weighted by Crippen LogP contribution is -2.35. The van der Waals surface area contributed by atoms with Crippen molar-refractivity contribution in [2.24, 2.45) is 7.05 Å². The number of nitrogens with zero attached hydrogens (tertiary/aromatic N) is 4. The lowest BCUT2D eigenvalue weighted by Gasteiger charge is -2.22. The van der Waals surface area contributed by atoms with Crippen LogP contribution in [0.2, 0.25) is 0 Å². The van der Waals surface area contributed by atoms with Gasteiger partial charge in [-0.25, -0.2) is 4.39 Å². The highest BCUT2D eigenvalue weighted by atomic mass is 19.1. The van der Waals surface area contributed by atoms with Crippen LogP contribution in [0.15, 0.2) is 30.5 Å². The van der Waals surface area contributed by atoms with Crippen LogP contribution in [0.25, 0.3) is 0 Å². The number of aryl methyl sites for hydroxylation is 2. The first-order valence-corrected chi connectivity index (χ1v) is 8.29. The van der Waals surface area contributed by atoms with Gasteiger partial charge in [0.05, 0.1) is 11.3 Å². The maximum Gasteiger partial charge on any atom is 0.257 e. The van der Waals surface area contributed by atoms with Crippen LogP contribution >= 0.6 is 0 Å². The molecule has 6 heteroatoms. The lowest BCUT2D eigenvalue weighted by atomic mass is 10.2. The summed E-state index contributed by atoms with van der Waals surface area (Å²) in [5, 5.41) is 4.26. The number of rotatable bonds is 3. The molecule has 0 radical (unpaired) electrons. The van der Waals surface area contributed by atoms with Crippen molar-refractivity contribution in [3.05, 3.63) is 53.1 Å². The van der Waals surface area contributed by atoms with Gasteiger partial charge < -0.3 is 4.90 Å². The van der Waals surface area contributed by atoms with E-state index in [0.717, 1.165) is 43.9 Å². The molecule has 128 valence electrons. The van der Waals surface area contributed by atoms with E-state index in [1.807, 2.05) is 31.0 Å². The van der Waals surface area contributed by atoms with Gasteiger partial charge in [0, 0.05) is 46.0 Å². The molecule has 0 aliphatic carbocycles. The van der Waals surface area contributed by atoms with Crippen molar-refractivity contribution in [1.82, 2.24) is 19.6 Å². The number of amides is 1. The van der Waals surface area contributed by atoms with Crippen LogP contribution in [0.4, 0.5) is 4.39 Å². The first-order chi connectivity index (χ1) is 11.5. The predicted molar refractivity (Wildman–Crippen MR) is 90.1 cm³/mol. The van der Waals surface area contributed by atoms with Crippen molar-refractivity contribution >= 4 is 5.91 Å². The van der Waals surface area contributed by atoms with Gasteiger partial charge in [0.15, 0.2) is 0 Å². The summed E-state index contributed by atoms with van der Waals surface area (Å²) in [6, 6.07) is 6.63. The highest BCUT2D eigenvalue weighted by Gasteiger charge is 2.22. The molecule has 1 saturated heterocycles. The van der Waals surface area contributed by atoms with Crippen molar-refractivity contribution in [1.29, 1.82) is 0 Å². The van der Waals surface area contributed by atoms with E-state index in [1.54, 1.807) is 10.9 Å². The Kier molecular flexibility index (Phi) is 4.94. The quantitative estimate of drug-likeness (QED) is 0.866. The van der Waals surface area contributed by atoms with E-state index in [4.69, 9.17) is 0 Å². The molecule has 1 aromatic carbocycles. The molecule has 0 saturated carbocycles. The van der Waals surface area contributed by atoms with Crippen LogP contribution in [0.1, 0.15) is 28.0 Å². The van der Waals surface area contributed by atoms with Gasteiger partial charge in [-0.15, -0.1) is 0 Å². The summed E-state index contributed by atoms with van der Waals surface area (Å²) in [4.78, 5) is 16.9. The second-order valence-corrected chi connectivity index (χ2v) is 6.35. The molecule has 5 nitrogen and oxygen atoms in total. The van der Waals surface area contributed by atoms with Crippen LogP contribution in [0, 0.1) is 12.7 Å². The standard InChI is InChI=1S/C18H23FN4O/c1-14-17(13-21(2)20-14)18(24)23-9-3-8-22(10-11-23)12-15-4-6-16(19)7-5-15/h4-7,13H,3,8-12H2,1-2H3. The van der Waals surface area contributed by atoms with Gasteiger partial charge >= 0.3 is 0 Å². The second-order valence-electron chi connectivity index (χ2n) is 6.35. The van der Waals surface area contributed by atoms with Crippen molar-refractivity contribution in [2.75, 3.05) is 26.2 Å². The topological polar surface area (TPSA) is 41.4 Å². The Balaban J connectivity index is 1.61. The predicted octanol–water partition coefficient (Wildman–Crippen LogP) is 2.22. The lowest BCUT2D eigenvalue weighted by molar-refractivity contribution is 0.0760. The minimum atomic E-state index is -0.210. The maximum atomic E-state index is 13.0. The molecule has 1 amide bonds. The fraction of sp³-hybridized carbons (Fsp3) is 0.444. The zero-order valence-electron chi connectivity index (χ0n) is 14.2. The van der Waals surface area contributed by atoms with Gasteiger partial charge in [0.1, 0.15) is 5.82 Å². The molecule has 0 N–H and O–H groups in total. The van der Waals surface area contributed by atoms with Crippen molar-refractivity contribution in [3.8, 4) is 0 Å². The maximum absolute atomic E-state index is 13.0. The molecule has 2 aromatic rings. The minimum Gasteiger partial charge on any atom is -0.337 e. The molecule has 3 rings (SSSR count). The number of hydrogen-bond donors (Lipinski definition) is 0. The van der Waals surface area contributed by atoms with E-state index in [9.17, 15) is 9.18 Å². The van der Waals surface area contributed by atoms with Gasteiger partial charge in [-0.3, -0.25) is 14.4 Å². The van der Waals surface area contributed by atoms with Crippen LogP contribution in [0.3, 0.4) is 0 Å². The van der Waals surface area contributed by atoms with Crippen LogP contribution in [-0.2, 0) is 13.6 Å². The molecule has 0 unspecified atom stereocenters.